The summed E-state index contributed by atoms with van der Waals surface area (Å²) in [5.41, 5.74) is 3.07. The van der Waals surface area contributed by atoms with Gasteiger partial charge in [0, 0.05) is 59.3 Å². The minimum atomic E-state index is -0.744. The third-order valence-electron chi connectivity index (χ3n) is 5.01. The summed E-state index contributed by atoms with van der Waals surface area (Å²) in [4.78, 5) is 21.2. The molecule has 1 aromatic heterocycles. The highest BCUT2D eigenvalue weighted by Gasteiger charge is 2.58. The Kier molecular flexibility index (Phi) is 3.39. The van der Waals surface area contributed by atoms with Gasteiger partial charge in [0.1, 0.15) is 0 Å². The minimum Gasteiger partial charge on any atom is -0.339 e. The number of benzene rings is 1. The zero-order chi connectivity index (χ0) is 16.9. The molecule has 0 aliphatic carbocycles. The average molecular weight is 340 g/mol. The zero-order valence-electron chi connectivity index (χ0n) is 13.5. The Labute approximate surface area is 146 Å². The molecule has 2 aliphatic heterocycles. The molecule has 122 valence electrons. The zero-order valence-corrected chi connectivity index (χ0v) is 14.3. The molecule has 0 saturated carbocycles. The van der Waals surface area contributed by atoms with Crippen LogP contribution in [-0.4, -0.2) is 33.8 Å². The van der Waals surface area contributed by atoms with Crippen LogP contribution >= 0.6 is 11.6 Å². The van der Waals surface area contributed by atoms with Gasteiger partial charge in [-0.3, -0.25) is 9.78 Å². The first-order chi connectivity index (χ1) is 11.6. The van der Waals surface area contributed by atoms with E-state index in [1.54, 1.807) is 6.20 Å². The summed E-state index contributed by atoms with van der Waals surface area (Å²) in [5.74, 6) is 0.0990. The molecule has 1 aromatic carbocycles. The maximum Gasteiger partial charge on any atom is 0.224 e. The van der Waals surface area contributed by atoms with Crippen LogP contribution in [0.25, 0.3) is 5.70 Å². The van der Waals surface area contributed by atoms with E-state index in [4.69, 9.17) is 11.6 Å². The van der Waals surface area contributed by atoms with E-state index in [9.17, 15) is 4.79 Å². The van der Waals surface area contributed by atoms with Gasteiger partial charge in [-0.05, 0) is 12.1 Å². The molecule has 1 unspecified atom stereocenters. The van der Waals surface area contributed by atoms with Gasteiger partial charge in [0.15, 0.2) is 5.66 Å². The van der Waals surface area contributed by atoms with Crippen LogP contribution < -0.4 is 0 Å². The molecule has 1 amide bonds. The normalized spacial score (nSPS) is 21.8. The molecule has 0 N–H and O–H groups in total. The average Bonchev–Trinajstić information content (AvgIpc) is 3.11. The number of hydrogen-bond donors (Lipinski definition) is 0. The van der Waals surface area contributed by atoms with Crippen LogP contribution in [0.15, 0.2) is 49.3 Å². The first-order valence-corrected chi connectivity index (χ1v) is 8.47. The third-order valence-corrected chi connectivity index (χ3v) is 5.34. The summed E-state index contributed by atoms with van der Waals surface area (Å²) in [5, 5.41) is 0.641. The fourth-order valence-corrected chi connectivity index (χ4v) is 4.30. The van der Waals surface area contributed by atoms with Crippen molar-refractivity contribution in [2.45, 2.75) is 19.0 Å². The number of nitrogens with zero attached hydrogens (tertiary/aromatic N) is 3. The van der Waals surface area contributed by atoms with Crippen molar-refractivity contribution in [1.29, 1.82) is 0 Å². The summed E-state index contributed by atoms with van der Waals surface area (Å²) in [6.07, 6.45) is 4.05. The maximum atomic E-state index is 12.8. The predicted octanol–water partition coefficient (Wildman–Crippen LogP) is 3.47. The van der Waals surface area contributed by atoms with E-state index in [1.165, 1.54) is 0 Å². The Bertz CT molecular complexity index is 850. The van der Waals surface area contributed by atoms with Crippen molar-refractivity contribution in [3.63, 3.8) is 0 Å². The molecule has 0 spiro atoms. The number of pyridine rings is 1. The predicted molar refractivity (Wildman–Crippen MR) is 94.2 cm³/mol. The summed E-state index contributed by atoms with van der Waals surface area (Å²) < 4.78 is 0. The Balaban J connectivity index is 2.07. The Hall–Kier alpha value is -2.33. The van der Waals surface area contributed by atoms with Crippen molar-refractivity contribution in [3.8, 4) is 0 Å². The van der Waals surface area contributed by atoms with E-state index in [1.807, 2.05) is 48.4 Å². The smallest absolute Gasteiger partial charge is 0.224 e. The van der Waals surface area contributed by atoms with E-state index in [0.29, 0.717) is 18.0 Å². The molecular formula is C19H18ClN3O. The molecule has 2 aliphatic rings. The number of hydrogen-bond acceptors (Lipinski definition) is 3. The molecule has 4 rings (SSSR count). The molecular weight excluding hydrogens is 322 g/mol. The number of rotatable bonds is 2. The van der Waals surface area contributed by atoms with Crippen molar-refractivity contribution in [1.82, 2.24) is 14.8 Å². The number of fused-ring (bicyclic) bond motifs is 3. The van der Waals surface area contributed by atoms with E-state index >= 15 is 0 Å². The molecule has 1 atom stereocenters. The number of amides is 1. The van der Waals surface area contributed by atoms with Gasteiger partial charge in [-0.2, -0.15) is 0 Å². The van der Waals surface area contributed by atoms with Gasteiger partial charge in [0.2, 0.25) is 5.91 Å². The van der Waals surface area contributed by atoms with Crippen molar-refractivity contribution >= 4 is 23.2 Å². The van der Waals surface area contributed by atoms with Gasteiger partial charge in [-0.1, -0.05) is 43.3 Å². The molecule has 24 heavy (non-hydrogen) atoms. The Morgan fingerprint density at radius 2 is 2.08 bits per heavy atom. The molecule has 1 saturated heterocycles. The van der Waals surface area contributed by atoms with Gasteiger partial charge in [0.05, 0.1) is 0 Å². The van der Waals surface area contributed by atoms with Gasteiger partial charge >= 0.3 is 0 Å². The number of halogens is 1. The Morgan fingerprint density at radius 1 is 1.29 bits per heavy atom. The van der Waals surface area contributed by atoms with Crippen molar-refractivity contribution in [2.75, 3.05) is 13.1 Å². The highest BCUT2D eigenvalue weighted by molar-refractivity contribution is 6.31. The molecule has 3 heterocycles. The SMILES string of the molecule is C=C1c2ccncc2C2(c3ccccc3Cl)N1CCN2C(=O)CC. The first kappa shape index (κ1) is 15.2. The van der Waals surface area contributed by atoms with Crippen LogP contribution in [0.5, 0.6) is 0 Å². The lowest BCUT2D eigenvalue weighted by atomic mass is 9.90. The Morgan fingerprint density at radius 3 is 2.83 bits per heavy atom. The summed E-state index contributed by atoms with van der Waals surface area (Å²) in [6, 6.07) is 9.68. The van der Waals surface area contributed by atoms with Gasteiger partial charge < -0.3 is 9.80 Å². The summed E-state index contributed by atoms with van der Waals surface area (Å²) in [7, 11) is 0. The van der Waals surface area contributed by atoms with E-state index < -0.39 is 5.66 Å². The third kappa shape index (κ3) is 1.75. The molecule has 4 nitrogen and oxygen atoms in total. The molecule has 5 heteroatoms. The molecule has 0 radical (unpaired) electrons. The molecule has 1 fully saturated rings. The highest BCUT2D eigenvalue weighted by atomic mass is 35.5. The number of carbonyl (C=O) groups excluding carboxylic acids is 1. The second-order valence-corrected chi connectivity index (χ2v) is 6.48. The van der Waals surface area contributed by atoms with Gasteiger partial charge in [-0.25, -0.2) is 0 Å². The lowest BCUT2D eigenvalue weighted by Gasteiger charge is -2.41. The van der Waals surface area contributed by atoms with Crippen molar-refractivity contribution < 1.29 is 4.79 Å². The van der Waals surface area contributed by atoms with Crippen LogP contribution in [0.4, 0.5) is 0 Å². The highest BCUT2D eigenvalue weighted by Crippen LogP contribution is 2.54. The van der Waals surface area contributed by atoms with E-state index in [0.717, 1.165) is 28.9 Å². The summed E-state index contributed by atoms with van der Waals surface area (Å²) in [6.45, 7) is 7.53. The van der Waals surface area contributed by atoms with Gasteiger partial charge in [0.25, 0.3) is 0 Å². The number of aromatic nitrogens is 1. The van der Waals surface area contributed by atoms with E-state index in [2.05, 4.69) is 16.5 Å². The van der Waals surface area contributed by atoms with Crippen molar-refractivity contribution in [2.24, 2.45) is 0 Å². The fourth-order valence-electron chi connectivity index (χ4n) is 4.04. The van der Waals surface area contributed by atoms with Crippen molar-refractivity contribution in [3.05, 3.63) is 71.0 Å². The standard InChI is InChI=1S/C19H18ClN3O/c1-3-18(24)23-11-10-22-13(2)14-8-9-21-12-16(14)19(22,23)15-6-4-5-7-17(15)20/h4-9,12H,2-3,10-11H2,1H3. The monoisotopic (exact) mass is 339 g/mol. The summed E-state index contributed by atoms with van der Waals surface area (Å²) >= 11 is 6.58. The first-order valence-electron chi connectivity index (χ1n) is 8.09. The second kappa shape index (κ2) is 5.35. The minimum absolute atomic E-state index is 0.0990. The largest absolute Gasteiger partial charge is 0.339 e. The number of carbonyl (C=O) groups is 1. The fraction of sp³-hybridized carbons (Fsp3) is 0.263. The maximum absolute atomic E-state index is 12.8. The topological polar surface area (TPSA) is 36.4 Å². The second-order valence-electron chi connectivity index (χ2n) is 6.07. The quantitative estimate of drug-likeness (QED) is 0.840. The van der Waals surface area contributed by atoms with Crippen LogP contribution in [-0.2, 0) is 10.5 Å². The van der Waals surface area contributed by atoms with Crippen LogP contribution in [0.1, 0.15) is 30.0 Å². The van der Waals surface area contributed by atoms with Crippen LogP contribution in [0.2, 0.25) is 5.02 Å². The lowest BCUT2D eigenvalue weighted by molar-refractivity contribution is -0.136. The molecule has 0 bridgehead atoms. The molecule has 2 aromatic rings. The lowest BCUT2D eigenvalue weighted by Crippen LogP contribution is -2.50. The van der Waals surface area contributed by atoms with Crippen LogP contribution in [0, 0.1) is 0 Å². The van der Waals surface area contributed by atoms with E-state index in [-0.39, 0.29) is 5.91 Å². The van der Waals surface area contributed by atoms with Gasteiger partial charge in [-0.15, -0.1) is 0 Å². The van der Waals surface area contributed by atoms with Crippen LogP contribution in [0.3, 0.4) is 0 Å².